The number of piperazine rings is 1. The van der Waals surface area contributed by atoms with Crippen molar-refractivity contribution in [3.63, 3.8) is 0 Å². The molecule has 7 heteroatoms. The van der Waals surface area contributed by atoms with Crippen LogP contribution in [0.5, 0.6) is 0 Å². The van der Waals surface area contributed by atoms with E-state index >= 15 is 0 Å². The van der Waals surface area contributed by atoms with Crippen LogP contribution in [0.2, 0.25) is 0 Å². The zero-order valence-electron chi connectivity index (χ0n) is 8.80. The summed E-state index contributed by atoms with van der Waals surface area (Å²) in [6.07, 6.45) is 1.58. The molecule has 4 aliphatic rings. The van der Waals surface area contributed by atoms with E-state index in [-0.39, 0.29) is 18.4 Å². The van der Waals surface area contributed by atoms with Crippen molar-refractivity contribution >= 4 is 33.4 Å². The van der Waals surface area contributed by atoms with Crippen molar-refractivity contribution in [2.24, 2.45) is 0 Å². The first-order valence-electron chi connectivity index (χ1n) is 5.16. The average Bonchev–Trinajstić information content (AvgIpc) is 2.72. The predicted octanol–water partition coefficient (Wildman–Crippen LogP) is -0.139. The molecule has 5 nitrogen and oxygen atoms in total. The van der Waals surface area contributed by atoms with Gasteiger partial charge in [-0.1, -0.05) is 10.8 Å². The van der Waals surface area contributed by atoms with Crippen LogP contribution in [0, 0.1) is 0 Å². The van der Waals surface area contributed by atoms with E-state index in [4.69, 9.17) is 0 Å². The highest BCUT2D eigenvalue weighted by Crippen LogP contribution is 2.61. The molecule has 0 radical (unpaired) electrons. The molecule has 0 aliphatic carbocycles. The van der Waals surface area contributed by atoms with Crippen LogP contribution >= 0.6 is 21.6 Å². The summed E-state index contributed by atoms with van der Waals surface area (Å²) in [6, 6.07) is 0. The number of carbonyl (C=O) groups excluding carboxylic acids is 2. The quantitative estimate of drug-likeness (QED) is 0.665. The number of hydrogen-bond acceptors (Lipinski definition) is 5. The third kappa shape index (κ3) is 0.914. The third-order valence-corrected chi connectivity index (χ3v) is 7.34. The molecule has 4 fully saturated rings. The van der Waals surface area contributed by atoms with Crippen LogP contribution in [0.3, 0.4) is 0 Å². The molecular formula is C9H12N2O3S2. The van der Waals surface area contributed by atoms with Crippen LogP contribution in [0.25, 0.3) is 0 Å². The minimum Gasteiger partial charge on any atom is -0.392 e. The number of nitrogens with zero attached hydrogens (tertiary/aromatic N) is 2. The Bertz CT molecular complexity index is 391. The first-order valence-corrected chi connectivity index (χ1v) is 7.31. The Labute approximate surface area is 101 Å². The predicted molar refractivity (Wildman–Crippen MR) is 61.4 cm³/mol. The van der Waals surface area contributed by atoms with Crippen LogP contribution < -0.4 is 0 Å². The minimum atomic E-state index is -1.09. The first-order chi connectivity index (χ1) is 7.58. The van der Waals surface area contributed by atoms with Gasteiger partial charge in [0.25, 0.3) is 11.8 Å². The fraction of sp³-hybridized carbons (Fsp3) is 0.778. The van der Waals surface area contributed by atoms with Crippen molar-refractivity contribution in [3.8, 4) is 0 Å². The highest BCUT2D eigenvalue weighted by molar-refractivity contribution is 8.78. The van der Waals surface area contributed by atoms with Gasteiger partial charge < -0.3 is 14.9 Å². The molecule has 0 aromatic heterocycles. The lowest BCUT2D eigenvalue weighted by atomic mass is 10.1. The van der Waals surface area contributed by atoms with Gasteiger partial charge in [-0.15, -0.1) is 0 Å². The number of carbonyl (C=O) groups is 2. The van der Waals surface area contributed by atoms with E-state index in [0.717, 1.165) is 12.8 Å². The lowest BCUT2D eigenvalue weighted by molar-refractivity contribution is -0.164. The Morgan fingerprint density at radius 1 is 1.38 bits per heavy atom. The maximum absolute atomic E-state index is 12.3. The summed E-state index contributed by atoms with van der Waals surface area (Å²) < 4.78 is 0. The van der Waals surface area contributed by atoms with E-state index in [2.05, 4.69) is 0 Å². The monoisotopic (exact) mass is 260 g/mol. The van der Waals surface area contributed by atoms with Crippen molar-refractivity contribution in [2.75, 3.05) is 20.2 Å². The molecule has 16 heavy (non-hydrogen) atoms. The molecule has 2 atom stereocenters. The third-order valence-electron chi connectivity index (χ3n) is 3.63. The van der Waals surface area contributed by atoms with E-state index in [9.17, 15) is 14.7 Å². The largest absolute Gasteiger partial charge is 0.392 e. The van der Waals surface area contributed by atoms with Gasteiger partial charge in [0.2, 0.25) is 4.87 Å². The zero-order chi connectivity index (χ0) is 11.6. The minimum absolute atomic E-state index is 0.0394. The molecule has 4 saturated heterocycles. The van der Waals surface area contributed by atoms with Crippen molar-refractivity contribution < 1.29 is 14.7 Å². The molecule has 1 N–H and O–H groups in total. The number of fused-ring (bicyclic) bond motifs is 2. The van der Waals surface area contributed by atoms with Gasteiger partial charge in [0, 0.05) is 13.6 Å². The van der Waals surface area contributed by atoms with Gasteiger partial charge >= 0.3 is 0 Å². The Morgan fingerprint density at radius 2 is 2.12 bits per heavy atom. The molecule has 4 heterocycles. The van der Waals surface area contributed by atoms with Crippen LogP contribution in [0.4, 0.5) is 0 Å². The fourth-order valence-electron chi connectivity index (χ4n) is 2.61. The second kappa shape index (κ2) is 3.08. The lowest BCUT2D eigenvalue weighted by Gasteiger charge is -2.57. The van der Waals surface area contributed by atoms with Gasteiger partial charge in [0.15, 0.2) is 4.87 Å². The topological polar surface area (TPSA) is 60.9 Å². The number of likely N-dealkylation sites (N-methyl/N-ethyl adjacent to an activating group) is 1. The maximum Gasteiger partial charge on any atom is 0.263 e. The van der Waals surface area contributed by atoms with Gasteiger partial charge in [-0.2, -0.15) is 0 Å². The van der Waals surface area contributed by atoms with Gasteiger partial charge in [-0.05, 0) is 23.6 Å². The number of amides is 2. The van der Waals surface area contributed by atoms with Crippen molar-refractivity contribution in [1.29, 1.82) is 0 Å². The van der Waals surface area contributed by atoms with Crippen molar-refractivity contribution in [1.82, 2.24) is 9.80 Å². The van der Waals surface area contributed by atoms with Crippen molar-refractivity contribution in [3.05, 3.63) is 0 Å². The van der Waals surface area contributed by atoms with Gasteiger partial charge in [0.1, 0.15) is 0 Å². The highest BCUT2D eigenvalue weighted by Gasteiger charge is 2.69. The van der Waals surface area contributed by atoms with Gasteiger partial charge in [0.05, 0.1) is 6.61 Å². The summed E-state index contributed by atoms with van der Waals surface area (Å²) in [6.45, 7) is 0.312. The number of aliphatic hydroxyl groups excluding tert-OH is 1. The lowest BCUT2D eigenvalue weighted by Crippen LogP contribution is -2.75. The summed E-state index contributed by atoms with van der Waals surface area (Å²) >= 11 is 0. The van der Waals surface area contributed by atoms with Gasteiger partial charge in [-0.3, -0.25) is 9.59 Å². The molecule has 0 aromatic rings. The molecule has 2 amide bonds. The second-order valence-corrected chi connectivity index (χ2v) is 7.00. The number of hydrogen-bond donors (Lipinski definition) is 1. The average molecular weight is 260 g/mol. The Balaban J connectivity index is 2.15. The van der Waals surface area contributed by atoms with Crippen LogP contribution in [-0.2, 0) is 9.59 Å². The standard InChI is InChI=1S/C9H12N2O3S2/c1-10-6(13)8-3-2-4-11(8)7(14)9(10,5-12)16-15-8/h12H,2-5H2,1H3/t8-,9-/m1/s1. The molecule has 0 unspecified atom stereocenters. The molecule has 4 aliphatic heterocycles. The molecule has 4 rings (SSSR count). The Morgan fingerprint density at radius 3 is 2.81 bits per heavy atom. The molecule has 0 aromatic carbocycles. The molecular weight excluding hydrogens is 248 g/mol. The second-order valence-electron chi connectivity index (χ2n) is 4.32. The number of rotatable bonds is 1. The fourth-order valence-corrected chi connectivity index (χ4v) is 6.29. The van der Waals surface area contributed by atoms with E-state index in [1.807, 2.05) is 0 Å². The van der Waals surface area contributed by atoms with Crippen molar-refractivity contribution in [2.45, 2.75) is 22.6 Å². The van der Waals surface area contributed by atoms with E-state index in [1.54, 1.807) is 11.9 Å². The van der Waals surface area contributed by atoms with E-state index < -0.39 is 9.74 Å². The Kier molecular flexibility index (Phi) is 2.07. The van der Waals surface area contributed by atoms with E-state index in [0.29, 0.717) is 6.54 Å². The summed E-state index contributed by atoms with van der Waals surface area (Å²) in [4.78, 5) is 25.9. The summed E-state index contributed by atoms with van der Waals surface area (Å²) in [5.74, 6) is -0.152. The smallest absolute Gasteiger partial charge is 0.263 e. The molecule has 88 valence electrons. The maximum atomic E-state index is 12.3. The summed E-state index contributed by atoms with van der Waals surface area (Å²) in [5.41, 5.74) is 0. The molecule has 2 bridgehead atoms. The SMILES string of the molecule is CN1C(=O)[C@]23CCCN2C(=O)[C@@]1(CO)SS3. The number of aliphatic hydroxyl groups is 1. The Hall–Kier alpha value is -0.400. The molecule has 0 saturated carbocycles. The first kappa shape index (κ1) is 10.7. The van der Waals surface area contributed by atoms with Crippen LogP contribution in [0.1, 0.15) is 12.8 Å². The van der Waals surface area contributed by atoms with E-state index in [1.165, 1.54) is 26.5 Å². The van der Waals surface area contributed by atoms with Gasteiger partial charge in [-0.25, -0.2) is 0 Å². The van der Waals surface area contributed by atoms with Crippen LogP contribution in [0.15, 0.2) is 0 Å². The molecule has 1 spiro atoms. The highest BCUT2D eigenvalue weighted by atomic mass is 33.1. The van der Waals surface area contributed by atoms with Crippen LogP contribution in [-0.4, -0.2) is 56.7 Å². The zero-order valence-corrected chi connectivity index (χ0v) is 10.4. The summed E-state index contributed by atoms with van der Waals surface area (Å²) in [7, 11) is 4.38. The summed E-state index contributed by atoms with van der Waals surface area (Å²) in [5, 5.41) is 9.47. The normalized spacial score (nSPS) is 41.9.